The Labute approximate surface area is 160 Å². The number of carboxylic acids is 1. The number of rotatable bonds is 8. The first-order valence-electron chi connectivity index (χ1n) is 8.08. The van der Waals surface area contributed by atoms with Gasteiger partial charge in [-0.3, -0.25) is 5.32 Å². The number of nitrogens with one attached hydrogen (secondary N) is 2. The molecule has 0 fully saturated rings. The molecule has 0 saturated carbocycles. The summed E-state index contributed by atoms with van der Waals surface area (Å²) in [6, 6.07) is 4.11. The SMILES string of the molecule is Cc1ccc(COc2nsc(NC(=O)NCCN(C)C)c2C(=O)O)c(F)c1. The zero-order chi connectivity index (χ0) is 20.0. The molecule has 146 valence electrons. The van der Waals surface area contributed by atoms with Gasteiger partial charge in [0.15, 0.2) is 5.56 Å². The van der Waals surface area contributed by atoms with E-state index in [-0.39, 0.29) is 28.6 Å². The normalized spacial score (nSPS) is 10.7. The van der Waals surface area contributed by atoms with Crippen LogP contribution in [0.15, 0.2) is 18.2 Å². The highest BCUT2D eigenvalue weighted by Crippen LogP contribution is 2.31. The highest BCUT2D eigenvalue weighted by atomic mass is 32.1. The van der Waals surface area contributed by atoms with Crippen molar-refractivity contribution < 1.29 is 23.8 Å². The molecule has 1 heterocycles. The predicted molar refractivity (Wildman–Crippen MR) is 100 cm³/mol. The van der Waals surface area contributed by atoms with Crippen molar-refractivity contribution in [2.45, 2.75) is 13.5 Å². The summed E-state index contributed by atoms with van der Waals surface area (Å²) in [4.78, 5) is 25.3. The third-order valence-corrected chi connectivity index (χ3v) is 4.27. The van der Waals surface area contributed by atoms with Gasteiger partial charge in [0.25, 0.3) is 0 Å². The lowest BCUT2D eigenvalue weighted by Crippen LogP contribution is -2.34. The van der Waals surface area contributed by atoms with E-state index < -0.39 is 17.8 Å². The van der Waals surface area contributed by atoms with Crippen LogP contribution in [0.3, 0.4) is 0 Å². The number of ether oxygens (including phenoxy) is 1. The van der Waals surface area contributed by atoms with Crippen LogP contribution < -0.4 is 15.4 Å². The van der Waals surface area contributed by atoms with Crippen LogP contribution in [0.25, 0.3) is 0 Å². The van der Waals surface area contributed by atoms with Crippen molar-refractivity contribution in [2.24, 2.45) is 0 Å². The van der Waals surface area contributed by atoms with E-state index >= 15 is 0 Å². The molecular formula is C17H21FN4O4S. The molecule has 2 aromatic rings. The summed E-state index contributed by atoms with van der Waals surface area (Å²) in [5.74, 6) is -1.91. The predicted octanol–water partition coefficient (Wildman–Crippen LogP) is 2.55. The standard InChI is InChI=1S/C17H21FN4O4S/c1-10-4-5-11(12(18)8-10)9-26-14-13(16(23)24)15(27-21-14)20-17(25)19-6-7-22(2)3/h4-5,8H,6-7,9H2,1-3H3,(H,23,24)(H2,19,20,25). The topological polar surface area (TPSA) is 104 Å². The second-order valence-corrected chi connectivity index (χ2v) is 6.84. The van der Waals surface area contributed by atoms with Gasteiger partial charge in [-0.2, -0.15) is 4.37 Å². The van der Waals surface area contributed by atoms with Gasteiger partial charge in [-0.15, -0.1) is 0 Å². The summed E-state index contributed by atoms with van der Waals surface area (Å²) in [6.07, 6.45) is 0. The van der Waals surface area contributed by atoms with Crippen LogP contribution >= 0.6 is 11.5 Å². The molecule has 8 nitrogen and oxygen atoms in total. The number of carboxylic acid groups (broad SMARTS) is 1. The molecule has 27 heavy (non-hydrogen) atoms. The van der Waals surface area contributed by atoms with Crippen molar-refractivity contribution in [1.29, 1.82) is 0 Å². The Morgan fingerprint density at radius 2 is 2.11 bits per heavy atom. The Bertz CT molecular complexity index is 825. The number of benzene rings is 1. The second kappa shape index (κ2) is 9.28. The molecule has 0 radical (unpaired) electrons. The van der Waals surface area contributed by atoms with Gasteiger partial charge < -0.3 is 20.1 Å². The van der Waals surface area contributed by atoms with Crippen molar-refractivity contribution >= 4 is 28.5 Å². The lowest BCUT2D eigenvalue weighted by molar-refractivity contribution is 0.0693. The average Bonchev–Trinajstić information content (AvgIpc) is 2.96. The van der Waals surface area contributed by atoms with Crippen molar-refractivity contribution in [1.82, 2.24) is 14.6 Å². The van der Waals surface area contributed by atoms with E-state index in [1.54, 1.807) is 19.1 Å². The molecule has 0 bridgehead atoms. The molecule has 0 aliphatic rings. The van der Waals surface area contributed by atoms with Gasteiger partial charge in [0.05, 0.1) is 0 Å². The van der Waals surface area contributed by atoms with Crippen LogP contribution in [-0.4, -0.2) is 53.6 Å². The number of hydrogen-bond acceptors (Lipinski definition) is 6. The van der Waals surface area contributed by atoms with E-state index in [1.807, 2.05) is 19.0 Å². The van der Waals surface area contributed by atoms with Crippen LogP contribution in [0.1, 0.15) is 21.5 Å². The number of aryl methyl sites for hydroxylation is 1. The van der Waals surface area contributed by atoms with Gasteiger partial charge in [-0.25, -0.2) is 14.0 Å². The number of carbonyl (C=O) groups excluding carboxylic acids is 1. The van der Waals surface area contributed by atoms with Gasteiger partial charge in [-0.05, 0) is 44.2 Å². The Morgan fingerprint density at radius 1 is 1.37 bits per heavy atom. The van der Waals surface area contributed by atoms with E-state index in [0.717, 1.165) is 17.1 Å². The fourth-order valence-electron chi connectivity index (χ4n) is 2.10. The number of amides is 2. The van der Waals surface area contributed by atoms with Crippen LogP contribution in [0.5, 0.6) is 5.88 Å². The number of nitrogens with zero attached hydrogens (tertiary/aromatic N) is 2. The van der Waals surface area contributed by atoms with E-state index in [2.05, 4.69) is 15.0 Å². The quantitative estimate of drug-likeness (QED) is 0.634. The Morgan fingerprint density at radius 3 is 2.74 bits per heavy atom. The number of urea groups is 1. The minimum absolute atomic E-state index is 0.0456. The summed E-state index contributed by atoms with van der Waals surface area (Å²) < 4.78 is 23.2. The summed E-state index contributed by atoms with van der Waals surface area (Å²) in [7, 11) is 3.73. The second-order valence-electron chi connectivity index (χ2n) is 6.06. The van der Waals surface area contributed by atoms with Gasteiger partial charge in [0, 0.05) is 18.7 Å². The smallest absolute Gasteiger partial charge is 0.344 e. The van der Waals surface area contributed by atoms with E-state index in [1.165, 1.54) is 6.07 Å². The summed E-state index contributed by atoms with van der Waals surface area (Å²) in [6.45, 7) is 2.62. The maximum atomic E-state index is 13.9. The first-order chi connectivity index (χ1) is 12.8. The minimum atomic E-state index is -1.30. The largest absolute Gasteiger partial charge is 0.477 e. The number of anilines is 1. The zero-order valence-corrected chi connectivity index (χ0v) is 16.0. The maximum absolute atomic E-state index is 13.9. The van der Waals surface area contributed by atoms with E-state index in [0.29, 0.717) is 13.1 Å². The first-order valence-corrected chi connectivity index (χ1v) is 8.85. The Kier molecular flexibility index (Phi) is 7.08. The van der Waals surface area contributed by atoms with Crippen LogP contribution in [0, 0.1) is 12.7 Å². The zero-order valence-electron chi connectivity index (χ0n) is 15.2. The lowest BCUT2D eigenvalue weighted by atomic mass is 10.1. The van der Waals surface area contributed by atoms with Gasteiger partial charge >= 0.3 is 12.0 Å². The van der Waals surface area contributed by atoms with Crippen molar-refractivity contribution in [3.05, 3.63) is 40.7 Å². The average molecular weight is 396 g/mol. The molecular weight excluding hydrogens is 375 g/mol. The highest BCUT2D eigenvalue weighted by molar-refractivity contribution is 7.11. The number of aromatic carboxylic acids is 1. The third-order valence-electron chi connectivity index (χ3n) is 3.52. The van der Waals surface area contributed by atoms with Gasteiger partial charge in [0.2, 0.25) is 5.88 Å². The molecule has 0 saturated heterocycles. The molecule has 2 rings (SSSR count). The van der Waals surface area contributed by atoms with Gasteiger partial charge in [0.1, 0.15) is 17.4 Å². The molecule has 0 atom stereocenters. The summed E-state index contributed by atoms with van der Waals surface area (Å²) in [5.41, 5.74) is 0.777. The van der Waals surface area contributed by atoms with Crippen molar-refractivity contribution in [3.8, 4) is 5.88 Å². The van der Waals surface area contributed by atoms with Crippen LogP contribution in [0.4, 0.5) is 14.2 Å². The molecule has 0 aliphatic heterocycles. The molecule has 1 aromatic heterocycles. The van der Waals surface area contributed by atoms with E-state index in [9.17, 15) is 19.1 Å². The Hall–Kier alpha value is -2.72. The minimum Gasteiger partial charge on any atom is -0.477 e. The molecule has 10 heteroatoms. The number of likely N-dealkylation sites (N-methyl/N-ethyl adjacent to an activating group) is 1. The Balaban J connectivity index is 2.05. The molecule has 2 amide bonds. The first kappa shape index (κ1) is 20.6. The number of hydrogen-bond donors (Lipinski definition) is 3. The fraction of sp³-hybridized carbons (Fsp3) is 0.353. The third kappa shape index (κ3) is 5.90. The summed E-state index contributed by atoms with van der Waals surface area (Å²) >= 11 is 0.782. The van der Waals surface area contributed by atoms with Crippen LogP contribution in [0.2, 0.25) is 0 Å². The van der Waals surface area contributed by atoms with Crippen molar-refractivity contribution in [2.75, 3.05) is 32.5 Å². The summed E-state index contributed by atoms with van der Waals surface area (Å²) in [5, 5.41) is 14.5. The van der Waals surface area contributed by atoms with E-state index in [4.69, 9.17) is 4.74 Å². The maximum Gasteiger partial charge on any atom is 0.344 e. The monoisotopic (exact) mass is 396 g/mol. The molecule has 1 aromatic carbocycles. The lowest BCUT2D eigenvalue weighted by Gasteiger charge is -2.11. The fourth-order valence-corrected chi connectivity index (χ4v) is 2.83. The van der Waals surface area contributed by atoms with Crippen LogP contribution in [-0.2, 0) is 6.61 Å². The molecule has 0 spiro atoms. The number of halogens is 1. The number of aromatic nitrogens is 1. The number of carbonyl (C=O) groups is 2. The molecule has 3 N–H and O–H groups in total. The van der Waals surface area contributed by atoms with Crippen molar-refractivity contribution in [3.63, 3.8) is 0 Å². The molecule has 0 unspecified atom stereocenters. The highest BCUT2D eigenvalue weighted by Gasteiger charge is 2.23. The molecule has 0 aliphatic carbocycles. The van der Waals surface area contributed by atoms with Gasteiger partial charge in [-0.1, -0.05) is 12.1 Å².